The van der Waals surface area contributed by atoms with Gasteiger partial charge in [-0.05, 0) is 66.7 Å². The number of hydrogen-bond acceptors (Lipinski definition) is 7. The zero-order valence-corrected chi connectivity index (χ0v) is 25.4. The molecule has 0 spiro atoms. The van der Waals surface area contributed by atoms with Crippen molar-refractivity contribution in [3.05, 3.63) is 101 Å². The van der Waals surface area contributed by atoms with Crippen molar-refractivity contribution in [1.82, 2.24) is 0 Å². The van der Waals surface area contributed by atoms with Crippen LogP contribution in [-0.2, 0) is 24.8 Å². The lowest BCUT2D eigenvalue weighted by Gasteiger charge is -2.25. The zero-order valence-electron chi connectivity index (χ0n) is 22.2. The van der Waals surface area contributed by atoms with Crippen LogP contribution in [-0.4, -0.2) is 43.5 Å². The van der Waals surface area contributed by atoms with E-state index in [1.807, 2.05) is 0 Å². The standard InChI is InChI=1S/C28H25Cl2N3O7S2/c1-39-21-11-15-25(27(17-21)40-2)32-41(35,36)22-12-9-20(10-13-22)31-28(34)18-33(26-16-19(29)8-14-24(26)30)42(37,38)23-6-4-3-5-7-23/h3-17,32H,18H2,1-2H3,(H,31,34). The van der Waals surface area contributed by atoms with Crippen LogP contribution in [0, 0.1) is 0 Å². The molecule has 14 heteroatoms. The van der Waals surface area contributed by atoms with Gasteiger partial charge >= 0.3 is 0 Å². The van der Waals surface area contributed by atoms with Crippen LogP contribution >= 0.6 is 23.2 Å². The third-order valence-corrected chi connectivity index (χ3v) is 9.61. The van der Waals surface area contributed by atoms with Crippen LogP contribution in [0.4, 0.5) is 17.1 Å². The van der Waals surface area contributed by atoms with Gasteiger partial charge in [-0.3, -0.25) is 13.8 Å². The van der Waals surface area contributed by atoms with Gasteiger partial charge in [0.1, 0.15) is 18.0 Å². The molecule has 1 amide bonds. The molecule has 4 aromatic rings. The summed E-state index contributed by atoms with van der Waals surface area (Å²) in [4.78, 5) is 12.9. The van der Waals surface area contributed by atoms with Gasteiger partial charge in [-0.2, -0.15) is 0 Å². The molecule has 0 unspecified atom stereocenters. The van der Waals surface area contributed by atoms with E-state index in [0.29, 0.717) is 5.75 Å². The molecular formula is C28H25Cl2N3O7S2. The Kier molecular flexibility index (Phi) is 9.52. The van der Waals surface area contributed by atoms with Crippen LogP contribution < -0.4 is 23.8 Å². The van der Waals surface area contributed by atoms with Gasteiger partial charge in [0.05, 0.1) is 40.4 Å². The van der Waals surface area contributed by atoms with Crippen molar-refractivity contribution in [3.8, 4) is 11.5 Å². The molecule has 42 heavy (non-hydrogen) atoms. The Morgan fingerprint density at radius 1 is 0.810 bits per heavy atom. The molecular weight excluding hydrogens is 625 g/mol. The maximum Gasteiger partial charge on any atom is 0.264 e. The maximum absolute atomic E-state index is 13.5. The summed E-state index contributed by atoms with van der Waals surface area (Å²) in [5.41, 5.74) is 0.454. The van der Waals surface area contributed by atoms with E-state index in [9.17, 15) is 21.6 Å². The summed E-state index contributed by atoms with van der Waals surface area (Å²) in [7, 11) is -5.37. The smallest absolute Gasteiger partial charge is 0.264 e. The number of methoxy groups -OCH3 is 2. The Morgan fingerprint density at radius 2 is 1.50 bits per heavy atom. The van der Waals surface area contributed by atoms with Crippen molar-refractivity contribution in [2.75, 3.05) is 35.1 Å². The summed E-state index contributed by atoms with van der Waals surface area (Å²) in [6.45, 7) is -0.643. The highest BCUT2D eigenvalue weighted by Gasteiger charge is 2.29. The molecule has 0 atom stereocenters. The van der Waals surface area contributed by atoms with E-state index in [1.54, 1.807) is 24.3 Å². The molecule has 0 fully saturated rings. The van der Waals surface area contributed by atoms with Gasteiger partial charge < -0.3 is 14.8 Å². The van der Waals surface area contributed by atoms with Crippen molar-refractivity contribution < 1.29 is 31.1 Å². The summed E-state index contributed by atoms with van der Waals surface area (Å²) in [6, 6.07) is 21.8. The lowest BCUT2D eigenvalue weighted by atomic mass is 10.3. The Hall–Kier alpha value is -3.97. The van der Waals surface area contributed by atoms with Crippen LogP contribution in [0.25, 0.3) is 0 Å². The number of hydrogen-bond donors (Lipinski definition) is 2. The Labute approximate surface area is 253 Å². The molecule has 0 aliphatic carbocycles. The van der Waals surface area contributed by atoms with Gasteiger partial charge in [0.15, 0.2) is 0 Å². The first-order valence-corrected chi connectivity index (χ1v) is 15.8. The SMILES string of the molecule is COc1ccc(NS(=O)(=O)c2ccc(NC(=O)CN(c3cc(Cl)ccc3Cl)S(=O)(=O)c3ccccc3)cc2)c(OC)c1. The number of carbonyl (C=O) groups is 1. The summed E-state index contributed by atoms with van der Waals surface area (Å²) >= 11 is 12.4. The first kappa shape index (κ1) is 31.0. The molecule has 2 N–H and O–H groups in total. The van der Waals surface area contributed by atoms with E-state index < -0.39 is 32.5 Å². The van der Waals surface area contributed by atoms with Crippen molar-refractivity contribution in [2.45, 2.75) is 9.79 Å². The number of nitrogens with one attached hydrogen (secondary N) is 2. The van der Waals surface area contributed by atoms with E-state index in [1.165, 1.54) is 80.9 Å². The second-order valence-electron chi connectivity index (χ2n) is 8.66. The van der Waals surface area contributed by atoms with E-state index in [4.69, 9.17) is 32.7 Å². The number of carbonyl (C=O) groups excluding carboxylic acids is 1. The third-order valence-electron chi connectivity index (χ3n) is 5.90. The monoisotopic (exact) mass is 649 g/mol. The highest BCUT2D eigenvalue weighted by Crippen LogP contribution is 2.33. The van der Waals surface area contributed by atoms with Crippen molar-refractivity contribution in [1.29, 1.82) is 0 Å². The quantitative estimate of drug-likeness (QED) is 0.215. The van der Waals surface area contributed by atoms with Crippen LogP contribution in [0.1, 0.15) is 0 Å². The first-order chi connectivity index (χ1) is 19.9. The molecule has 0 saturated carbocycles. The van der Waals surface area contributed by atoms with E-state index in [0.717, 1.165) is 4.31 Å². The Morgan fingerprint density at radius 3 is 2.14 bits per heavy atom. The number of benzene rings is 4. The van der Waals surface area contributed by atoms with Gasteiger partial charge in [-0.25, -0.2) is 16.8 Å². The van der Waals surface area contributed by atoms with Gasteiger partial charge in [-0.15, -0.1) is 0 Å². The molecule has 0 aliphatic rings. The number of nitrogens with zero attached hydrogens (tertiary/aromatic N) is 1. The largest absolute Gasteiger partial charge is 0.497 e. The summed E-state index contributed by atoms with van der Waals surface area (Å²) < 4.78 is 66.7. The molecule has 0 radical (unpaired) electrons. The summed E-state index contributed by atoms with van der Waals surface area (Å²) in [5.74, 6) is 0.0431. The molecule has 0 aliphatic heterocycles. The highest BCUT2D eigenvalue weighted by atomic mass is 35.5. The number of anilines is 3. The van der Waals surface area contributed by atoms with E-state index in [2.05, 4.69) is 10.0 Å². The van der Waals surface area contributed by atoms with Crippen LogP contribution in [0.2, 0.25) is 10.0 Å². The first-order valence-electron chi connectivity index (χ1n) is 12.1. The third kappa shape index (κ3) is 7.08. The lowest BCUT2D eigenvalue weighted by molar-refractivity contribution is -0.114. The highest BCUT2D eigenvalue weighted by molar-refractivity contribution is 7.93. The number of halogens is 2. The molecule has 0 aromatic heterocycles. The summed E-state index contributed by atoms with van der Waals surface area (Å²) in [5, 5.41) is 2.88. The maximum atomic E-state index is 13.5. The van der Waals surface area contributed by atoms with E-state index >= 15 is 0 Å². The predicted molar refractivity (Wildman–Crippen MR) is 163 cm³/mol. The molecule has 10 nitrogen and oxygen atoms in total. The molecule has 4 aromatic carbocycles. The number of rotatable bonds is 11. The minimum Gasteiger partial charge on any atom is -0.497 e. The Balaban J connectivity index is 1.54. The summed E-state index contributed by atoms with van der Waals surface area (Å²) in [6.07, 6.45) is 0. The van der Waals surface area contributed by atoms with Crippen LogP contribution in [0.3, 0.4) is 0 Å². The fourth-order valence-corrected chi connectivity index (χ4v) is 6.79. The van der Waals surface area contributed by atoms with Gasteiger partial charge in [0, 0.05) is 16.8 Å². The minimum absolute atomic E-state index is 0.0182. The normalized spacial score (nSPS) is 11.4. The van der Waals surface area contributed by atoms with Gasteiger partial charge in [0.2, 0.25) is 5.91 Å². The number of sulfonamides is 2. The zero-order chi connectivity index (χ0) is 30.5. The Bertz CT molecular complexity index is 1800. The number of ether oxygens (including phenoxy) is 2. The minimum atomic E-state index is -4.22. The second kappa shape index (κ2) is 12.9. The lowest BCUT2D eigenvalue weighted by Crippen LogP contribution is -2.38. The fourth-order valence-electron chi connectivity index (χ4n) is 3.83. The predicted octanol–water partition coefficient (Wildman–Crippen LogP) is 5.65. The van der Waals surface area contributed by atoms with Crippen molar-refractivity contribution >= 4 is 66.2 Å². The average Bonchev–Trinajstić information content (AvgIpc) is 2.98. The average molecular weight is 651 g/mol. The van der Waals surface area contributed by atoms with Crippen LogP contribution in [0.15, 0.2) is 101 Å². The van der Waals surface area contributed by atoms with Crippen molar-refractivity contribution in [2.24, 2.45) is 0 Å². The molecule has 0 heterocycles. The molecule has 0 saturated heterocycles. The second-order valence-corrected chi connectivity index (χ2v) is 13.1. The van der Waals surface area contributed by atoms with Gasteiger partial charge in [0.25, 0.3) is 20.0 Å². The number of amides is 1. The van der Waals surface area contributed by atoms with Crippen LogP contribution in [0.5, 0.6) is 11.5 Å². The molecule has 0 bridgehead atoms. The molecule has 4 rings (SSSR count). The van der Waals surface area contributed by atoms with Crippen molar-refractivity contribution in [3.63, 3.8) is 0 Å². The fraction of sp³-hybridized carbons (Fsp3) is 0.107. The van der Waals surface area contributed by atoms with E-state index in [-0.39, 0.29) is 42.6 Å². The molecule has 220 valence electrons. The topological polar surface area (TPSA) is 131 Å². The van der Waals surface area contributed by atoms with Gasteiger partial charge in [-0.1, -0.05) is 41.4 Å².